The zero-order valence-corrected chi connectivity index (χ0v) is 11.8. The van der Waals surface area contributed by atoms with Crippen LogP contribution in [-0.2, 0) is 4.74 Å². The van der Waals surface area contributed by atoms with Crippen LogP contribution in [-0.4, -0.2) is 37.3 Å². The molecular formula is C14H23N3O2. The van der Waals surface area contributed by atoms with Gasteiger partial charge in [-0.25, -0.2) is 0 Å². The molecule has 106 valence electrons. The Kier molecular flexibility index (Phi) is 6.15. The standard InChI is InChI=1S/C14H23N3O2/c1-4-11(2)17(9-10-19-3)13-8-6-5-7-12(13)14(15)16-18/h5-8,11,18H,4,9-10H2,1-3H3,(H2,15,16). The molecule has 0 aliphatic rings. The minimum absolute atomic E-state index is 0.126. The first-order valence-corrected chi connectivity index (χ1v) is 6.48. The molecule has 19 heavy (non-hydrogen) atoms. The highest BCUT2D eigenvalue weighted by molar-refractivity contribution is 6.02. The number of hydrogen-bond acceptors (Lipinski definition) is 4. The minimum Gasteiger partial charge on any atom is -0.409 e. The molecular weight excluding hydrogens is 242 g/mol. The second kappa shape index (κ2) is 7.63. The van der Waals surface area contributed by atoms with Crippen LogP contribution in [0.3, 0.4) is 0 Å². The summed E-state index contributed by atoms with van der Waals surface area (Å²) in [5.41, 5.74) is 7.44. The van der Waals surface area contributed by atoms with Gasteiger partial charge in [-0.2, -0.15) is 0 Å². The molecule has 0 saturated carbocycles. The summed E-state index contributed by atoms with van der Waals surface area (Å²) in [6, 6.07) is 8.01. The largest absolute Gasteiger partial charge is 0.409 e. The zero-order chi connectivity index (χ0) is 14.3. The normalized spacial score (nSPS) is 13.3. The summed E-state index contributed by atoms with van der Waals surface area (Å²) in [5.74, 6) is 0.126. The van der Waals surface area contributed by atoms with Gasteiger partial charge in [0.25, 0.3) is 0 Å². The van der Waals surface area contributed by atoms with Crippen LogP contribution < -0.4 is 10.6 Å². The van der Waals surface area contributed by atoms with Gasteiger partial charge in [0.1, 0.15) is 0 Å². The van der Waals surface area contributed by atoms with Crippen LogP contribution in [0.25, 0.3) is 0 Å². The van der Waals surface area contributed by atoms with Gasteiger partial charge in [-0.3, -0.25) is 0 Å². The van der Waals surface area contributed by atoms with Gasteiger partial charge in [-0.15, -0.1) is 0 Å². The number of rotatable bonds is 7. The Hall–Kier alpha value is -1.75. The van der Waals surface area contributed by atoms with Crippen molar-refractivity contribution < 1.29 is 9.94 Å². The Morgan fingerprint density at radius 1 is 1.47 bits per heavy atom. The molecule has 0 spiro atoms. The van der Waals surface area contributed by atoms with Crippen LogP contribution >= 0.6 is 0 Å². The number of methoxy groups -OCH3 is 1. The second-order valence-electron chi connectivity index (χ2n) is 4.45. The molecule has 0 aliphatic heterocycles. The Labute approximate surface area is 114 Å². The highest BCUT2D eigenvalue weighted by atomic mass is 16.5. The molecule has 0 bridgehead atoms. The minimum atomic E-state index is 0.126. The highest BCUT2D eigenvalue weighted by Crippen LogP contribution is 2.23. The molecule has 5 nitrogen and oxygen atoms in total. The van der Waals surface area contributed by atoms with Gasteiger partial charge in [0.05, 0.1) is 6.61 Å². The molecule has 0 amide bonds. The third-order valence-corrected chi connectivity index (χ3v) is 3.26. The lowest BCUT2D eigenvalue weighted by Crippen LogP contribution is -2.37. The van der Waals surface area contributed by atoms with Crippen LogP contribution in [0, 0.1) is 0 Å². The lowest BCUT2D eigenvalue weighted by atomic mass is 10.1. The summed E-state index contributed by atoms with van der Waals surface area (Å²) in [6.45, 7) is 5.69. The number of anilines is 1. The Morgan fingerprint density at radius 3 is 2.74 bits per heavy atom. The summed E-state index contributed by atoms with van der Waals surface area (Å²) in [5, 5.41) is 12.0. The van der Waals surface area contributed by atoms with E-state index in [1.807, 2.05) is 24.3 Å². The van der Waals surface area contributed by atoms with Crippen molar-refractivity contribution in [3.63, 3.8) is 0 Å². The maximum atomic E-state index is 8.89. The molecule has 0 aromatic heterocycles. The molecule has 0 aliphatic carbocycles. The van der Waals surface area contributed by atoms with Crippen LogP contribution in [0.1, 0.15) is 25.8 Å². The van der Waals surface area contributed by atoms with Crippen molar-refractivity contribution in [2.24, 2.45) is 10.9 Å². The number of para-hydroxylation sites is 1. The Balaban J connectivity index is 3.14. The van der Waals surface area contributed by atoms with Crippen LogP contribution in [0.4, 0.5) is 5.69 Å². The summed E-state index contributed by atoms with van der Waals surface area (Å²) >= 11 is 0. The smallest absolute Gasteiger partial charge is 0.172 e. The fraction of sp³-hybridized carbons (Fsp3) is 0.500. The first-order chi connectivity index (χ1) is 9.15. The van der Waals surface area contributed by atoms with Gasteiger partial charge in [-0.05, 0) is 25.5 Å². The number of oxime groups is 1. The first kappa shape index (κ1) is 15.3. The van der Waals surface area contributed by atoms with Crippen molar-refractivity contribution in [2.75, 3.05) is 25.2 Å². The van der Waals surface area contributed by atoms with Gasteiger partial charge in [-0.1, -0.05) is 24.2 Å². The maximum absolute atomic E-state index is 8.89. The van der Waals surface area contributed by atoms with Crippen LogP contribution in [0.2, 0.25) is 0 Å². The molecule has 0 heterocycles. The summed E-state index contributed by atoms with van der Waals surface area (Å²) in [6.07, 6.45) is 1.01. The van der Waals surface area contributed by atoms with Crippen LogP contribution in [0.5, 0.6) is 0 Å². The van der Waals surface area contributed by atoms with Gasteiger partial charge in [0.15, 0.2) is 5.84 Å². The van der Waals surface area contributed by atoms with Crippen LogP contribution in [0.15, 0.2) is 29.4 Å². The monoisotopic (exact) mass is 265 g/mol. The van der Waals surface area contributed by atoms with E-state index in [2.05, 4.69) is 23.9 Å². The number of amidine groups is 1. The molecule has 1 aromatic rings. The van der Waals surface area contributed by atoms with E-state index in [-0.39, 0.29) is 5.84 Å². The molecule has 5 heteroatoms. The van der Waals surface area contributed by atoms with Crippen molar-refractivity contribution in [2.45, 2.75) is 26.3 Å². The molecule has 1 rings (SSSR count). The van der Waals surface area contributed by atoms with Crippen molar-refractivity contribution in [3.05, 3.63) is 29.8 Å². The van der Waals surface area contributed by atoms with E-state index in [1.165, 1.54) is 0 Å². The van der Waals surface area contributed by atoms with E-state index in [9.17, 15) is 0 Å². The van der Waals surface area contributed by atoms with Crippen molar-refractivity contribution in [1.82, 2.24) is 0 Å². The van der Waals surface area contributed by atoms with Crippen molar-refractivity contribution in [1.29, 1.82) is 0 Å². The Bertz CT molecular complexity index is 421. The number of ether oxygens (including phenoxy) is 1. The van der Waals surface area contributed by atoms with E-state index in [0.717, 1.165) is 24.2 Å². The lowest BCUT2D eigenvalue weighted by molar-refractivity contribution is 0.203. The third-order valence-electron chi connectivity index (χ3n) is 3.26. The topological polar surface area (TPSA) is 71.1 Å². The number of nitrogens with two attached hydrogens (primary N) is 1. The predicted molar refractivity (Wildman–Crippen MR) is 77.9 cm³/mol. The number of hydrogen-bond donors (Lipinski definition) is 2. The first-order valence-electron chi connectivity index (χ1n) is 6.48. The summed E-state index contributed by atoms with van der Waals surface area (Å²) < 4.78 is 5.16. The summed E-state index contributed by atoms with van der Waals surface area (Å²) in [4.78, 5) is 2.22. The zero-order valence-electron chi connectivity index (χ0n) is 11.8. The SMILES string of the molecule is CCC(C)N(CCOC)c1ccccc1C(N)=NO. The van der Waals surface area contributed by atoms with Gasteiger partial charge < -0.3 is 20.6 Å². The quantitative estimate of drug-likeness (QED) is 0.342. The molecule has 0 fully saturated rings. The fourth-order valence-electron chi connectivity index (χ4n) is 1.98. The van der Waals surface area contributed by atoms with Gasteiger partial charge in [0, 0.05) is 30.9 Å². The molecule has 1 unspecified atom stereocenters. The van der Waals surface area contributed by atoms with E-state index in [4.69, 9.17) is 15.7 Å². The maximum Gasteiger partial charge on any atom is 0.172 e. The second-order valence-corrected chi connectivity index (χ2v) is 4.45. The predicted octanol–water partition coefficient (Wildman–Crippen LogP) is 2.03. The van der Waals surface area contributed by atoms with E-state index in [0.29, 0.717) is 12.6 Å². The van der Waals surface area contributed by atoms with Gasteiger partial charge in [0.2, 0.25) is 0 Å². The highest BCUT2D eigenvalue weighted by Gasteiger charge is 2.17. The fourth-order valence-corrected chi connectivity index (χ4v) is 1.98. The number of nitrogens with zero attached hydrogens (tertiary/aromatic N) is 2. The molecule has 3 N–H and O–H groups in total. The lowest BCUT2D eigenvalue weighted by Gasteiger charge is -2.32. The summed E-state index contributed by atoms with van der Waals surface area (Å²) in [7, 11) is 1.68. The van der Waals surface area contributed by atoms with Crippen molar-refractivity contribution >= 4 is 11.5 Å². The molecule has 0 saturated heterocycles. The molecule has 1 atom stereocenters. The van der Waals surface area contributed by atoms with E-state index in [1.54, 1.807) is 7.11 Å². The Morgan fingerprint density at radius 2 is 2.16 bits per heavy atom. The van der Waals surface area contributed by atoms with E-state index >= 15 is 0 Å². The van der Waals surface area contributed by atoms with Crippen molar-refractivity contribution in [3.8, 4) is 0 Å². The van der Waals surface area contributed by atoms with Gasteiger partial charge >= 0.3 is 0 Å². The molecule has 1 aromatic carbocycles. The average Bonchev–Trinajstić information content (AvgIpc) is 2.46. The number of benzene rings is 1. The van der Waals surface area contributed by atoms with E-state index < -0.39 is 0 Å². The third kappa shape index (κ3) is 3.86. The molecule has 0 radical (unpaired) electrons. The average molecular weight is 265 g/mol.